The zero-order chi connectivity index (χ0) is 18.3. The molecule has 2 aromatic heterocycles. The van der Waals surface area contributed by atoms with E-state index in [2.05, 4.69) is 31.3 Å². The Labute approximate surface area is 161 Å². The molecule has 6 nitrogen and oxygen atoms in total. The highest BCUT2D eigenvalue weighted by Crippen LogP contribution is 2.32. The Kier molecular flexibility index (Phi) is 4.41. The van der Waals surface area contributed by atoms with Gasteiger partial charge in [0.05, 0.1) is 5.70 Å². The summed E-state index contributed by atoms with van der Waals surface area (Å²) in [7, 11) is 1.87. The lowest BCUT2D eigenvalue weighted by molar-refractivity contribution is 0.112. The number of benzene rings is 1. The second-order valence-corrected chi connectivity index (χ2v) is 7.41. The van der Waals surface area contributed by atoms with Gasteiger partial charge in [-0.1, -0.05) is 11.8 Å². The van der Waals surface area contributed by atoms with E-state index in [4.69, 9.17) is 0 Å². The fraction of sp³-hybridized carbons (Fsp3) is 0.118. The molecule has 3 aromatic rings. The van der Waals surface area contributed by atoms with Crippen LogP contribution < -0.4 is 10.2 Å². The van der Waals surface area contributed by atoms with Gasteiger partial charge in [0.15, 0.2) is 23.2 Å². The second kappa shape index (κ2) is 6.73. The van der Waals surface area contributed by atoms with Crippen molar-refractivity contribution in [3.8, 4) is 0 Å². The van der Waals surface area contributed by atoms with Crippen LogP contribution in [0, 0.1) is 5.82 Å². The Balaban J connectivity index is 1.64. The van der Waals surface area contributed by atoms with Crippen LogP contribution in [0.5, 0.6) is 0 Å². The fourth-order valence-electron chi connectivity index (χ4n) is 2.74. The molecule has 1 aromatic carbocycles. The minimum atomic E-state index is -0.272. The molecule has 1 aliphatic rings. The van der Waals surface area contributed by atoms with Crippen molar-refractivity contribution in [1.82, 2.24) is 19.9 Å². The van der Waals surface area contributed by atoms with Gasteiger partial charge in [0, 0.05) is 7.05 Å². The van der Waals surface area contributed by atoms with Gasteiger partial charge < -0.3 is 10.2 Å². The second-order valence-electron chi connectivity index (χ2n) is 5.65. The number of nitrogens with one attached hydrogen (secondary N) is 1. The maximum absolute atomic E-state index is 13.1. The molecular formula is C17H13BrFN5OS. The normalized spacial score (nSPS) is 16.4. The summed E-state index contributed by atoms with van der Waals surface area (Å²) < 4.78 is 15.4. The summed E-state index contributed by atoms with van der Waals surface area (Å²) in [6, 6.07) is 9.87. The smallest absolute Gasteiger partial charge is 0.172 e. The first kappa shape index (κ1) is 17.0. The Morgan fingerprint density at radius 3 is 2.81 bits per heavy atom. The van der Waals surface area contributed by atoms with Gasteiger partial charge in [-0.25, -0.2) is 9.37 Å². The van der Waals surface area contributed by atoms with Crippen molar-refractivity contribution in [2.45, 2.75) is 5.50 Å². The molecule has 0 saturated heterocycles. The molecule has 1 unspecified atom stereocenters. The molecule has 0 saturated carbocycles. The van der Waals surface area contributed by atoms with E-state index >= 15 is 0 Å². The van der Waals surface area contributed by atoms with Crippen LogP contribution in [0.3, 0.4) is 0 Å². The molecule has 0 fully saturated rings. The van der Waals surface area contributed by atoms with Crippen LogP contribution in [-0.4, -0.2) is 33.4 Å². The number of anilines is 1. The maximum atomic E-state index is 13.1. The van der Waals surface area contributed by atoms with E-state index in [1.807, 2.05) is 17.4 Å². The van der Waals surface area contributed by atoms with Crippen LogP contribution in [0.2, 0.25) is 0 Å². The molecule has 4 rings (SSSR count). The largest absolute Gasteiger partial charge is 0.356 e. The summed E-state index contributed by atoms with van der Waals surface area (Å²) in [6.45, 7) is 0. The highest BCUT2D eigenvalue weighted by atomic mass is 79.9. The number of rotatable bonds is 4. The maximum Gasteiger partial charge on any atom is 0.172 e. The number of imidazole rings is 1. The number of fused-ring (bicyclic) bond motifs is 1. The van der Waals surface area contributed by atoms with Crippen LogP contribution in [0.4, 0.5) is 10.2 Å². The zero-order valence-corrected chi connectivity index (χ0v) is 16.0. The van der Waals surface area contributed by atoms with Crippen molar-refractivity contribution < 1.29 is 9.18 Å². The van der Waals surface area contributed by atoms with Crippen molar-refractivity contribution in [3.05, 3.63) is 63.5 Å². The Morgan fingerprint density at radius 2 is 2.08 bits per heavy atom. The first-order valence-corrected chi connectivity index (χ1v) is 9.42. The van der Waals surface area contributed by atoms with Gasteiger partial charge in [-0.15, -0.1) is 0 Å². The Bertz CT molecular complexity index is 1020. The van der Waals surface area contributed by atoms with E-state index < -0.39 is 0 Å². The van der Waals surface area contributed by atoms with Crippen LogP contribution in [0.25, 0.3) is 11.3 Å². The van der Waals surface area contributed by atoms with E-state index in [-0.39, 0.29) is 11.3 Å². The van der Waals surface area contributed by atoms with E-state index in [0.717, 1.165) is 17.5 Å². The number of aromatic nitrogens is 3. The number of carbonyl (C=O) groups excluding carboxylic acids is 1. The molecule has 132 valence electrons. The summed E-state index contributed by atoms with van der Waals surface area (Å²) in [5.74, 6) is 0.321. The van der Waals surface area contributed by atoms with Crippen molar-refractivity contribution in [2.24, 2.45) is 0 Å². The number of hydrogen-bond acceptors (Lipinski definition) is 6. The van der Waals surface area contributed by atoms with E-state index in [1.165, 1.54) is 12.1 Å². The fourth-order valence-corrected chi connectivity index (χ4v) is 3.98. The lowest BCUT2D eigenvalue weighted by atomic mass is 10.2. The standard InChI is InChI=1S/C17H13BrFN5OS/c1-23(16-12(8-25)20-15-7-6-14(18)22-24(15)16)17-21-13(9-26-17)10-2-4-11(19)5-3-10/h2-9,17,21H,1H3. The Hall–Kier alpha value is -2.39. The van der Waals surface area contributed by atoms with Crippen molar-refractivity contribution in [1.29, 1.82) is 0 Å². The van der Waals surface area contributed by atoms with Gasteiger partial charge in [0.2, 0.25) is 0 Å². The molecule has 0 amide bonds. The van der Waals surface area contributed by atoms with Crippen molar-refractivity contribution in [3.63, 3.8) is 0 Å². The van der Waals surface area contributed by atoms with Gasteiger partial charge in [0.1, 0.15) is 16.1 Å². The average Bonchev–Trinajstić information content (AvgIpc) is 3.26. The Morgan fingerprint density at radius 1 is 1.31 bits per heavy atom. The van der Waals surface area contributed by atoms with Crippen LogP contribution in [0.15, 0.2) is 46.4 Å². The summed E-state index contributed by atoms with van der Waals surface area (Å²) in [6.07, 6.45) is 0.725. The van der Waals surface area contributed by atoms with Crippen LogP contribution >= 0.6 is 27.7 Å². The molecule has 0 spiro atoms. The molecule has 0 bridgehead atoms. The van der Waals surface area contributed by atoms with E-state index in [9.17, 15) is 9.18 Å². The van der Waals surface area contributed by atoms with Gasteiger partial charge in [-0.3, -0.25) is 4.79 Å². The first-order valence-electron chi connectivity index (χ1n) is 7.68. The molecule has 9 heteroatoms. The molecular weight excluding hydrogens is 421 g/mol. The quantitative estimate of drug-likeness (QED) is 0.635. The highest BCUT2D eigenvalue weighted by molar-refractivity contribution is 9.10. The summed E-state index contributed by atoms with van der Waals surface area (Å²) in [4.78, 5) is 17.7. The minimum Gasteiger partial charge on any atom is -0.356 e. The average molecular weight is 434 g/mol. The lowest BCUT2D eigenvalue weighted by Gasteiger charge is -2.26. The topological polar surface area (TPSA) is 62.5 Å². The molecule has 26 heavy (non-hydrogen) atoms. The van der Waals surface area contributed by atoms with E-state index in [1.54, 1.807) is 40.5 Å². The molecule has 1 atom stereocenters. The third-order valence-corrected chi connectivity index (χ3v) is 5.48. The van der Waals surface area contributed by atoms with Gasteiger partial charge in [-0.05, 0) is 63.3 Å². The minimum absolute atomic E-state index is 0.158. The predicted molar refractivity (Wildman–Crippen MR) is 103 cm³/mol. The van der Waals surface area contributed by atoms with Crippen molar-refractivity contribution in [2.75, 3.05) is 11.9 Å². The number of aldehydes is 1. The summed E-state index contributed by atoms with van der Waals surface area (Å²) >= 11 is 4.90. The summed E-state index contributed by atoms with van der Waals surface area (Å²) in [5, 5.41) is 9.75. The molecule has 3 heterocycles. The van der Waals surface area contributed by atoms with Gasteiger partial charge in [0.25, 0.3) is 0 Å². The SMILES string of the molecule is CN(c1c(C=O)nc2ccc(Br)nn12)C1NC(c2ccc(F)cc2)=CS1. The third kappa shape index (κ3) is 2.97. The number of hydrogen-bond donors (Lipinski definition) is 1. The number of carbonyl (C=O) groups is 1. The molecule has 1 N–H and O–H groups in total. The third-order valence-electron chi connectivity index (χ3n) is 3.99. The predicted octanol–water partition coefficient (Wildman–Crippen LogP) is 3.50. The van der Waals surface area contributed by atoms with Crippen LogP contribution in [0.1, 0.15) is 16.1 Å². The highest BCUT2D eigenvalue weighted by Gasteiger charge is 2.27. The van der Waals surface area contributed by atoms with Crippen molar-refractivity contribution >= 4 is 51.1 Å². The van der Waals surface area contributed by atoms with Gasteiger partial charge in [-0.2, -0.15) is 9.61 Å². The zero-order valence-electron chi connectivity index (χ0n) is 13.6. The first-order chi connectivity index (χ1) is 12.6. The van der Waals surface area contributed by atoms with Crippen LogP contribution in [-0.2, 0) is 0 Å². The number of nitrogens with zero attached hydrogens (tertiary/aromatic N) is 4. The monoisotopic (exact) mass is 433 g/mol. The molecule has 0 radical (unpaired) electrons. The summed E-state index contributed by atoms with van der Waals surface area (Å²) in [5.41, 5.74) is 2.53. The number of thioether (sulfide) groups is 1. The lowest BCUT2D eigenvalue weighted by Crippen LogP contribution is -2.38. The molecule has 0 aliphatic carbocycles. The van der Waals surface area contributed by atoms with E-state index in [0.29, 0.717) is 21.8 Å². The number of halogens is 2. The van der Waals surface area contributed by atoms with Gasteiger partial charge >= 0.3 is 0 Å². The molecule has 1 aliphatic heterocycles.